The summed E-state index contributed by atoms with van der Waals surface area (Å²) in [6.45, 7) is 9.74. The lowest BCUT2D eigenvalue weighted by Crippen LogP contribution is -2.46. The van der Waals surface area contributed by atoms with E-state index in [4.69, 9.17) is 4.74 Å². The van der Waals surface area contributed by atoms with E-state index in [0.717, 1.165) is 6.42 Å². The fourth-order valence-electron chi connectivity index (χ4n) is 2.03. The van der Waals surface area contributed by atoms with Crippen molar-refractivity contribution < 1.29 is 14.6 Å². The third-order valence-corrected chi connectivity index (χ3v) is 3.21. The second kappa shape index (κ2) is 5.74. The number of carbonyl (C=O) groups excluding carboxylic acids is 1. The predicted octanol–water partition coefficient (Wildman–Crippen LogP) is 2.92. The highest BCUT2D eigenvalue weighted by Gasteiger charge is 2.33. The summed E-state index contributed by atoms with van der Waals surface area (Å²) in [4.78, 5) is 13.7. The van der Waals surface area contributed by atoms with Crippen molar-refractivity contribution in [1.29, 1.82) is 0 Å². The first-order valence-electron chi connectivity index (χ1n) is 6.62. The number of amides is 1. The average molecular weight is 255 g/mol. The number of aliphatic hydroxyl groups excluding tert-OH is 1. The predicted molar refractivity (Wildman–Crippen MR) is 71.1 cm³/mol. The molecule has 1 aliphatic heterocycles. The number of ether oxygens (including phenoxy) is 1. The lowest BCUT2D eigenvalue weighted by molar-refractivity contribution is 0.0137. The van der Waals surface area contributed by atoms with E-state index in [1.165, 1.54) is 0 Å². The molecule has 0 aromatic rings. The minimum absolute atomic E-state index is 0.00449. The molecule has 3 atom stereocenters. The highest BCUT2D eigenvalue weighted by atomic mass is 16.6. The molecule has 104 valence electrons. The first-order valence-corrected chi connectivity index (χ1v) is 6.62. The summed E-state index contributed by atoms with van der Waals surface area (Å²) < 4.78 is 5.39. The standard InChI is InChI=1S/C14H25NO3/c1-6-10(2)12-9-11(16)7-8-15(12)13(17)18-14(3,4)5/h7-8,10-12,16H,6,9H2,1-5H3. The topological polar surface area (TPSA) is 49.8 Å². The number of aliphatic hydroxyl groups is 1. The van der Waals surface area contributed by atoms with Crippen molar-refractivity contribution in [3.63, 3.8) is 0 Å². The maximum absolute atomic E-state index is 12.1. The van der Waals surface area contributed by atoms with Crippen LogP contribution in [0.5, 0.6) is 0 Å². The van der Waals surface area contributed by atoms with E-state index >= 15 is 0 Å². The van der Waals surface area contributed by atoms with Crippen molar-refractivity contribution in [3.8, 4) is 0 Å². The molecule has 1 heterocycles. The Morgan fingerprint density at radius 2 is 2.17 bits per heavy atom. The lowest BCUT2D eigenvalue weighted by atomic mass is 9.91. The summed E-state index contributed by atoms with van der Waals surface area (Å²) in [5, 5.41) is 9.69. The molecule has 1 aliphatic rings. The van der Waals surface area contributed by atoms with Crippen LogP contribution in [0.3, 0.4) is 0 Å². The molecule has 0 saturated carbocycles. The van der Waals surface area contributed by atoms with Crippen LogP contribution in [-0.2, 0) is 4.74 Å². The maximum atomic E-state index is 12.1. The van der Waals surface area contributed by atoms with Crippen LogP contribution in [0.4, 0.5) is 4.79 Å². The van der Waals surface area contributed by atoms with Gasteiger partial charge in [-0.15, -0.1) is 0 Å². The van der Waals surface area contributed by atoms with E-state index in [9.17, 15) is 9.90 Å². The molecule has 18 heavy (non-hydrogen) atoms. The van der Waals surface area contributed by atoms with Crippen LogP contribution in [0.15, 0.2) is 12.3 Å². The average Bonchev–Trinajstić information content (AvgIpc) is 2.25. The zero-order chi connectivity index (χ0) is 13.9. The molecule has 0 aromatic carbocycles. The van der Waals surface area contributed by atoms with Gasteiger partial charge in [-0.05, 0) is 39.2 Å². The summed E-state index contributed by atoms with van der Waals surface area (Å²) in [6, 6.07) is 0.00449. The number of rotatable bonds is 2. The Kier molecular flexibility index (Phi) is 4.79. The van der Waals surface area contributed by atoms with Gasteiger partial charge >= 0.3 is 6.09 Å². The van der Waals surface area contributed by atoms with Crippen molar-refractivity contribution >= 4 is 6.09 Å². The van der Waals surface area contributed by atoms with Crippen molar-refractivity contribution in [2.75, 3.05) is 0 Å². The Morgan fingerprint density at radius 1 is 1.56 bits per heavy atom. The van der Waals surface area contributed by atoms with Gasteiger partial charge in [0.25, 0.3) is 0 Å². The zero-order valence-corrected chi connectivity index (χ0v) is 12.0. The normalized spacial score (nSPS) is 26.0. The Labute approximate surface area is 110 Å². The fraction of sp³-hybridized carbons (Fsp3) is 0.786. The monoisotopic (exact) mass is 255 g/mol. The lowest BCUT2D eigenvalue weighted by Gasteiger charge is -2.37. The Balaban J connectivity index is 2.82. The van der Waals surface area contributed by atoms with E-state index in [2.05, 4.69) is 13.8 Å². The smallest absolute Gasteiger partial charge is 0.414 e. The van der Waals surface area contributed by atoms with Crippen LogP contribution < -0.4 is 0 Å². The van der Waals surface area contributed by atoms with Crippen LogP contribution in [-0.4, -0.2) is 33.8 Å². The number of hydrogen-bond acceptors (Lipinski definition) is 3. The highest BCUT2D eigenvalue weighted by Crippen LogP contribution is 2.26. The molecule has 0 radical (unpaired) electrons. The quantitative estimate of drug-likeness (QED) is 0.825. The fourth-order valence-corrected chi connectivity index (χ4v) is 2.03. The van der Waals surface area contributed by atoms with Gasteiger partial charge < -0.3 is 9.84 Å². The molecule has 0 bridgehead atoms. The molecule has 4 nitrogen and oxygen atoms in total. The summed E-state index contributed by atoms with van der Waals surface area (Å²) >= 11 is 0. The van der Waals surface area contributed by atoms with Gasteiger partial charge in [-0.1, -0.05) is 20.3 Å². The van der Waals surface area contributed by atoms with Crippen LogP contribution >= 0.6 is 0 Å². The van der Waals surface area contributed by atoms with Crippen LogP contribution in [0.1, 0.15) is 47.5 Å². The van der Waals surface area contributed by atoms with Gasteiger partial charge in [-0.25, -0.2) is 4.79 Å². The third kappa shape index (κ3) is 4.02. The Morgan fingerprint density at radius 3 is 2.67 bits per heavy atom. The molecule has 0 aliphatic carbocycles. The number of hydrogen-bond donors (Lipinski definition) is 1. The largest absolute Gasteiger partial charge is 0.443 e. The molecule has 1 rings (SSSR count). The summed E-state index contributed by atoms with van der Waals surface area (Å²) in [5.74, 6) is 0.331. The van der Waals surface area contributed by atoms with E-state index < -0.39 is 11.7 Å². The van der Waals surface area contributed by atoms with Gasteiger partial charge in [-0.3, -0.25) is 4.90 Å². The Bertz CT molecular complexity index is 319. The van der Waals surface area contributed by atoms with E-state index in [-0.39, 0.29) is 12.1 Å². The van der Waals surface area contributed by atoms with Crippen LogP contribution in [0, 0.1) is 5.92 Å². The van der Waals surface area contributed by atoms with Crippen molar-refractivity contribution in [2.24, 2.45) is 5.92 Å². The molecule has 3 unspecified atom stereocenters. The molecule has 0 fully saturated rings. The molecule has 0 saturated heterocycles. The molecular formula is C14H25NO3. The molecule has 0 aromatic heterocycles. The molecule has 4 heteroatoms. The third-order valence-electron chi connectivity index (χ3n) is 3.21. The van der Waals surface area contributed by atoms with Gasteiger partial charge in [0.2, 0.25) is 0 Å². The SMILES string of the molecule is CCC(C)C1CC(O)C=CN1C(=O)OC(C)(C)C. The second-order valence-electron chi connectivity index (χ2n) is 5.99. The zero-order valence-electron chi connectivity index (χ0n) is 12.0. The van der Waals surface area contributed by atoms with Crippen LogP contribution in [0.2, 0.25) is 0 Å². The Hall–Kier alpha value is -1.03. The molecule has 1 amide bonds. The molecule has 1 N–H and O–H groups in total. The summed E-state index contributed by atoms with van der Waals surface area (Å²) in [6.07, 6.45) is 4.02. The van der Waals surface area contributed by atoms with Crippen molar-refractivity contribution in [3.05, 3.63) is 12.3 Å². The van der Waals surface area contributed by atoms with Crippen molar-refractivity contribution in [2.45, 2.75) is 65.2 Å². The van der Waals surface area contributed by atoms with E-state index in [1.807, 2.05) is 20.8 Å². The summed E-state index contributed by atoms with van der Waals surface area (Å²) in [5.41, 5.74) is -0.499. The number of nitrogens with zero attached hydrogens (tertiary/aromatic N) is 1. The van der Waals surface area contributed by atoms with E-state index in [1.54, 1.807) is 17.2 Å². The second-order valence-corrected chi connectivity index (χ2v) is 5.99. The van der Waals surface area contributed by atoms with Crippen LogP contribution in [0.25, 0.3) is 0 Å². The molecular weight excluding hydrogens is 230 g/mol. The van der Waals surface area contributed by atoms with Crippen molar-refractivity contribution in [1.82, 2.24) is 4.90 Å². The van der Waals surface area contributed by atoms with Gasteiger partial charge in [-0.2, -0.15) is 0 Å². The number of carbonyl (C=O) groups is 1. The van der Waals surface area contributed by atoms with E-state index in [0.29, 0.717) is 12.3 Å². The maximum Gasteiger partial charge on any atom is 0.414 e. The molecule has 0 spiro atoms. The van der Waals surface area contributed by atoms with Gasteiger partial charge in [0.05, 0.1) is 6.10 Å². The minimum atomic E-state index is -0.499. The minimum Gasteiger partial charge on any atom is -0.443 e. The first-order chi connectivity index (χ1) is 8.24. The van der Waals surface area contributed by atoms with Gasteiger partial charge in [0.15, 0.2) is 0 Å². The van der Waals surface area contributed by atoms with Gasteiger partial charge in [0.1, 0.15) is 5.60 Å². The first kappa shape index (κ1) is 15.0. The highest BCUT2D eigenvalue weighted by molar-refractivity contribution is 5.70. The van der Waals surface area contributed by atoms with Gasteiger partial charge in [0, 0.05) is 12.2 Å². The summed E-state index contributed by atoms with van der Waals surface area (Å²) in [7, 11) is 0.